The molecule has 6 heteroatoms. The highest BCUT2D eigenvalue weighted by Crippen LogP contribution is 2.45. The molecular weight excluding hydrogens is 328 g/mol. The summed E-state index contributed by atoms with van der Waals surface area (Å²) in [7, 11) is 0. The first-order valence-corrected chi connectivity index (χ1v) is 8.62. The molecule has 1 heterocycles. The van der Waals surface area contributed by atoms with E-state index in [1.807, 2.05) is 12.1 Å². The van der Waals surface area contributed by atoms with Crippen LogP contribution in [0.3, 0.4) is 0 Å². The van der Waals surface area contributed by atoms with Crippen LogP contribution in [-0.2, 0) is 28.0 Å². The maximum Gasteiger partial charge on any atom is 0.317 e. The van der Waals surface area contributed by atoms with Crippen molar-refractivity contribution in [2.45, 2.75) is 51.6 Å². The molecule has 1 aliphatic carbocycles. The van der Waals surface area contributed by atoms with Gasteiger partial charge in [0.1, 0.15) is 0 Å². The van der Waals surface area contributed by atoms with E-state index in [4.69, 9.17) is 20.9 Å². The molecule has 0 bridgehead atoms. The van der Waals surface area contributed by atoms with Gasteiger partial charge in [0.15, 0.2) is 12.4 Å². The van der Waals surface area contributed by atoms with Gasteiger partial charge in [0.25, 0.3) is 5.89 Å². The van der Waals surface area contributed by atoms with Gasteiger partial charge in [0.2, 0.25) is 0 Å². The Morgan fingerprint density at radius 3 is 2.62 bits per heavy atom. The van der Waals surface area contributed by atoms with E-state index < -0.39 is 5.41 Å². The van der Waals surface area contributed by atoms with Gasteiger partial charge in [0.05, 0.1) is 5.41 Å². The van der Waals surface area contributed by atoms with Crippen molar-refractivity contribution in [3.05, 3.63) is 46.6 Å². The van der Waals surface area contributed by atoms with Gasteiger partial charge < -0.3 is 9.26 Å². The van der Waals surface area contributed by atoms with E-state index in [-0.39, 0.29) is 12.6 Å². The van der Waals surface area contributed by atoms with Crippen molar-refractivity contribution in [1.29, 1.82) is 0 Å². The van der Waals surface area contributed by atoms with Crippen molar-refractivity contribution in [3.63, 3.8) is 0 Å². The first kappa shape index (κ1) is 17.0. The molecule has 1 aromatic carbocycles. The zero-order valence-corrected chi connectivity index (χ0v) is 14.7. The molecule has 0 aliphatic heterocycles. The van der Waals surface area contributed by atoms with Crippen LogP contribution < -0.4 is 0 Å². The van der Waals surface area contributed by atoms with E-state index in [9.17, 15) is 4.79 Å². The van der Waals surface area contributed by atoms with Crippen molar-refractivity contribution in [3.8, 4) is 0 Å². The SMILES string of the molecule is CC(C)Cc1noc(COC(=O)C2(c3ccc(Cl)cc3)CCC2)n1. The maximum atomic E-state index is 12.6. The molecule has 0 saturated heterocycles. The summed E-state index contributed by atoms with van der Waals surface area (Å²) >= 11 is 5.94. The fourth-order valence-corrected chi connectivity index (χ4v) is 3.10. The Kier molecular flexibility index (Phi) is 4.90. The number of hydrogen-bond acceptors (Lipinski definition) is 5. The first-order valence-electron chi connectivity index (χ1n) is 8.24. The summed E-state index contributed by atoms with van der Waals surface area (Å²) in [4.78, 5) is 16.9. The number of benzene rings is 1. The van der Waals surface area contributed by atoms with Crippen LogP contribution in [0.25, 0.3) is 0 Å². The normalized spacial score (nSPS) is 16.0. The summed E-state index contributed by atoms with van der Waals surface area (Å²) in [5, 5.41) is 4.56. The monoisotopic (exact) mass is 348 g/mol. The Morgan fingerprint density at radius 2 is 2.04 bits per heavy atom. The van der Waals surface area contributed by atoms with Gasteiger partial charge in [-0.2, -0.15) is 4.98 Å². The van der Waals surface area contributed by atoms with Crippen LogP contribution in [0.2, 0.25) is 5.02 Å². The van der Waals surface area contributed by atoms with Gasteiger partial charge >= 0.3 is 5.97 Å². The highest BCUT2D eigenvalue weighted by molar-refractivity contribution is 6.30. The molecule has 0 N–H and O–H groups in total. The lowest BCUT2D eigenvalue weighted by molar-refractivity contribution is -0.156. The molecule has 0 atom stereocenters. The van der Waals surface area contributed by atoms with E-state index >= 15 is 0 Å². The Labute approximate surface area is 146 Å². The number of hydrogen-bond donors (Lipinski definition) is 0. The molecule has 1 saturated carbocycles. The summed E-state index contributed by atoms with van der Waals surface area (Å²) < 4.78 is 10.6. The zero-order chi connectivity index (χ0) is 17.2. The van der Waals surface area contributed by atoms with Crippen LogP contribution in [0.5, 0.6) is 0 Å². The number of halogens is 1. The fourth-order valence-electron chi connectivity index (χ4n) is 2.97. The van der Waals surface area contributed by atoms with Gasteiger partial charge in [-0.25, -0.2) is 0 Å². The van der Waals surface area contributed by atoms with Crippen LogP contribution in [-0.4, -0.2) is 16.1 Å². The second-order valence-corrected chi connectivity index (χ2v) is 7.16. The zero-order valence-electron chi connectivity index (χ0n) is 13.9. The molecule has 1 fully saturated rings. The number of aromatic nitrogens is 2. The molecule has 0 spiro atoms. The van der Waals surface area contributed by atoms with Crippen LogP contribution in [0.1, 0.15) is 50.4 Å². The second kappa shape index (κ2) is 6.93. The minimum Gasteiger partial charge on any atom is -0.455 e. The van der Waals surface area contributed by atoms with E-state index in [1.54, 1.807) is 12.1 Å². The first-order chi connectivity index (χ1) is 11.5. The minimum absolute atomic E-state index is 0.0132. The maximum absolute atomic E-state index is 12.6. The summed E-state index contributed by atoms with van der Waals surface area (Å²) in [5.74, 6) is 1.19. The lowest BCUT2D eigenvalue weighted by Gasteiger charge is -2.39. The smallest absolute Gasteiger partial charge is 0.317 e. The van der Waals surface area contributed by atoms with Gasteiger partial charge in [-0.15, -0.1) is 0 Å². The predicted octanol–water partition coefficient (Wildman–Crippen LogP) is 4.09. The molecule has 3 rings (SSSR count). The summed E-state index contributed by atoms with van der Waals surface area (Å²) in [6.07, 6.45) is 3.33. The van der Waals surface area contributed by atoms with E-state index in [2.05, 4.69) is 24.0 Å². The van der Waals surface area contributed by atoms with Crippen LogP contribution in [0.15, 0.2) is 28.8 Å². The van der Waals surface area contributed by atoms with Crippen molar-refractivity contribution in [2.75, 3.05) is 0 Å². The van der Waals surface area contributed by atoms with Crippen LogP contribution in [0, 0.1) is 5.92 Å². The molecule has 1 aliphatic rings. The lowest BCUT2D eigenvalue weighted by atomic mass is 9.64. The number of carbonyl (C=O) groups excluding carboxylic acids is 1. The third-order valence-corrected chi connectivity index (χ3v) is 4.67. The Balaban J connectivity index is 1.65. The largest absolute Gasteiger partial charge is 0.455 e. The molecule has 1 aromatic heterocycles. The second-order valence-electron chi connectivity index (χ2n) is 6.72. The van der Waals surface area contributed by atoms with E-state index in [0.717, 1.165) is 31.2 Å². The van der Waals surface area contributed by atoms with Gasteiger partial charge in [-0.05, 0) is 36.5 Å². The number of carbonyl (C=O) groups is 1. The Morgan fingerprint density at radius 1 is 1.33 bits per heavy atom. The molecule has 0 unspecified atom stereocenters. The third-order valence-electron chi connectivity index (χ3n) is 4.42. The van der Waals surface area contributed by atoms with Gasteiger partial charge in [-0.3, -0.25) is 4.79 Å². The average Bonchev–Trinajstić information content (AvgIpc) is 2.92. The summed E-state index contributed by atoms with van der Waals surface area (Å²) in [6.45, 7) is 4.18. The molecule has 24 heavy (non-hydrogen) atoms. The molecule has 0 radical (unpaired) electrons. The third kappa shape index (κ3) is 3.46. The number of nitrogens with zero attached hydrogens (tertiary/aromatic N) is 2. The average molecular weight is 349 g/mol. The fraction of sp³-hybridized carbons (Fsp3) is 0.500. The highest BCUT2D eigenvalue weighted by atomic mass is 35.5. The minimum atomic E-state index is -0.564. The summed E-state index contributed by atoms with van der Waals surface area (Å²) in [6, 6.07) is 7.41. The van der Waals surface area contributed by atoms with Crippen LogP contribution >= 0.6 is 11.6 Å². The Hall–Kier alpha value is -1.88. The van der Waals surface area contributed by atoms with Crippen molar-refractivity contribution in [1.82, 2.24) is 10.1 Å². The van der Waals surface area contributed by atoms with E-state index in [0.29, 0.717) is 22.7 Å². The number of esters is 1. The van der Waals surface area contributed by atoms with Crippen molar-refractivity contribution >= 4 is 17.6 Å². The van der Waals surface area contributed by atoms with Crippen LogP contribution in [0.4, 0.5) is 0 Å². The topological polar surface area (TPSA) is 65.2 Å². The number of rotatable bonds is 6. The number of ether oxygens (including phenoxy) is 1. The molecule has 5 nitrogen and oxygen atoms in total. The molecule has 0 amide bonds. The molecule has 128 valence electrons. The molecular formula is C18H21ClN2O3. The van der Waals surface area contributed by atoms with Gasteiger partial charge in [-0.1, -0.05) is 49.2 Å². The standard InChI is InChI=1S/C18H21ClN2O3/c1-12(2)10-15-20-16(24-21-15)11-23-17(22)18(8-3-9-18)13-4-6-14(19)7-5-13/h4-7,12H,3,8-11H2,1-2H3. The van der Waals surface area contributed by atoms with Crippen molar-refractivity contribution in [2.24, 2.45) is 5.92 Å². The Bertz CT molecular complexity index is 705. The highest BCUT2D eigenvalue weighted by Gasteiger charge is 2.47. The van der Waals surface area contributed by atoms with E-state index in [1.165, 1.54) is 0 Å². The lowest BCUT2D eigenvalue weighted by Crippen LogP contribution is -2.43. The van der Waals surface area contributed by atoms with Gasteiger partial charge in [0, 0.05) is 11.4 Å². The van der Waals surface area contributed by atoms with Crippen molar-refractivity contribution < 1.29 is 14.1 Å². The summed E-state index contributed by atoms with van der Waals surface area (Å²) in [5.41, 5.74) is 0.389. The quantitative estimate of drug-likeness (QED) is 0.736. The predicted molar refractivity (Wildman–Crippen MR) is 89.6 cm³/mol. The molecule has 2 aromatic rings.